The van der Waals surface area contributed by atoms with Crippen molar-refractivity contribution >= 4 is 16.9 Å². The van der Waals surface area contributed by atoms with Crippen molar-refractivity contribution in [3.05, 3.63) is 58.5 Å². The average molecular weight is 369 g/mol. The van der Waals surface area contributed by atoms with Gasteiger partial charge in [-0.1, -0.05) is 18.2 Å². The monoisotopic (exact) mass is 369 g/mol. The Morgan fingerprint density at radius 2 is 2.11 bits per heavy atom. The fourth-order valence-corrected chi connectivity index (χ4v) is 3.46. The van der Waals surface area contributed by atoms with Gasteiger partial charge in [-0.05, 0) is 25.8 Å². The highest BCUT2D eigenvalue weighted by molar-refractivity contribution is 5.78. The lowest BCUT2D eigenvalue weighted by atomic mass is 10.1. The number of hydrogen-bond acceptors (Lipinski definition) is 4. The van der Waals surface area contributed by atoms with E-state index in [1.54, 1.807) is 30.1 Å². The van der Waals surface area contributed by atoms with Gasteiger partial charge in [0.05, 0.1) is 12.2 Å². The van der Waals surface area contributed by atoms with E-state index < -0.39 is 6.04 Å². The molecule has 0 radical (unpaired) electrons. The smallest absolute Gasteiger partial charge is 0.264 e. The van der Waals surface area contributed by atoms with Gasteiger partial charge in [-0.3, -0.25) is 18.8 Å². The lowest BCUT2D eigenvalue weighted by Crippen LogP contribution is -2.40. The second-order valence-electron chi connectivity index (χ2n) is 6.91. The molecule has 2 heterocycles. The molecule has 0 spiro atoms. The fourth-order valence-electron chi connectivity index (χ4n) is 3.46. The number of halogens is 1. The van der Waals surface area contributed by atoms with Crippen molar-refractivity contribution in [2.24, 2.45) is 7.05 Å². The van der Waals surface area contributed by atoms with Gasteiger partial charge in [0.25, 0.3) is 5.56 Å². The van der Waals surface area contributed by atoms with E-state index in [2.05, 4.69) is 10.1 Å². The zero-order valence-corrected chi connectivity index (χ0v) is 15.2. The molecule has 0 N–H and O–H groups in total. The number of rotatable bonds is 5. The number of hydrogen-bond donors (Lipinski definition) is 0. The second kappa shape index (κ2) is 6.61. The maximum atomic E-state index is 14.2. The maximum absolute atomic E-state index is 14.2. The Bertz CT molecular complexity index is 1070. The van der Waals surface area contributed by atoms with Crippen molar-refractivity contribution in [1.29, 1.82) is 0 Å². The molecule has 27 heavy (non-hydrogen) atoms. The van der Waals surface area contributed by atoms with Crippen LogP contribution >= 0.6 is 0 Å². The SMILES string of the molecule is CC(c1ccccc1F)N(C(=O)Cn1cnc2c(cnn2C)c1=O)C1CC1. The molecule has 1 amide bonds. The zero-order chi connectivity index (χ0) is 19.1. The van der Waals surface area contributed by atoms with Crippen molar-refractivity contribution in [1.82, 2.24) is 24.2 Å². The van der Waals surface area contributed by atoms with Crippen molar-refractivity contribution in [2.45, 2.75) is 38.4 Å². The Labute approximate surface area is 155 Å². The minimum atomic E-state index is -0.406. The van der Waals surface area contributed by atoms with E-state index in [1.165, 1.54) is 27.8 Å². The van der Waals surface area contributed by atoms with Crippen LogP contribution in [0.2, 0.25) is 0 Å². The first kappa shape index (κ1) is 17.4. The topological polar surface area (TPSA) is 73.0 Å². The highest BCUT2D eigenvalue weighted by Crippen LogP contribution is 2.35. The number of nitrogens with zero attached hydrogens (tertiary/aromatic N) is 5. The largest absolute Gasteiger partial charge is 0.331 e. The first-order chi connectivity index (χ1) is 13.0. The molecular formula is C19H20FN5O2. The molecule has 4 rings (SSSR count). The Morgan fingerprint density at radius 1 is 1.37 bits per heavy atom. The summed E-state index contributed by atoms with van der Waals surface area (Å²) in [5, 5.41) is 4.40. The molecule has 1 fully saturated rings. The van der Waals surface area contributed by atoms with Crippen LogP contribution < -0.4 is 5.56 Å². The summed E-state index contributed by atoms with van der Waals surface area (Å²) < 4.78 is 17.0. The summed E-state index contributed by atoms with van der Waals surface area (Å²) in [5.41, 5.74) is 0.643. The number of amides is 1. The predicted octanol–water partition coefficient (Wildman–Crippen LogP) is 2.02. The third-order valence-corrected chi connectivity index (χ3v) is 5.02. The van der Waals surface area contributed by atoms with Crippen LogP contribution in [-0.4, -0.2) is 36.2 Å². The fraction of sp³-hybridized carbons (Fsp3) is 0.368. The summed E-state index contributed by atoms with van der Waals surface area (Å²) in [4.78, 5) is 31.5. The van der Waals surface area contributed by atoms with Gasteiger partial charge in [0.2, 0.25) is 5.91 Å². The summed E-state index contributed by atoms with van der Waals surface area (Å²) >= 11 is 0. The van der Waals surface area contributed by atoms with E-state index in [1.807, 2.05) is 6.92 Å². The predicted molar refractivity (Wildman–Crippen MR) is 97.5 cm³/mol. The molecular weight excluding hydrogens is 349 g/mol. The van der Waals surface area contributed by atoms with E-state index in [-0.39, 0.29) is 29.9 Å². The number of fused-ring (bicyclic) bond motifs is 1. The van der Waals surface area contributed by atoms with Crippen LogP contribution in [0.25, 0.3) is 11.0 Å². The van der Waals surface area contributed by atoms with Crippen LogP contribution in [0.5, 0.6) is 0 Å². The Morgan fingerprint density at radius 3 is 2.81 bits per heavy atom. The van der Waals surface area contributed by atoms with Crippen LogP contribution in [0.3, 0.4) is 0 Å². The molecule has 1 unspecified atom stereocenters. The van der Waals surface area contributed by atoms with Crippen LogP contribution in [0.15, 0.2) is 41.6 Å². The van der Waals surface area contributed by atoms with Crippen LogP contribution in [0, 0.1) is 5.82 Å². The average Bonchev–Trinajstić information content (AvgIpc) is 3.40. The summed E-state index contributed by atoms with van der Waals surface area (Å²) in [6, 6.07) is 6.15. The molecule has 140 valence electrons. The molecule has 1 aliphatic rings. The van der Waals surface area contributed by atoms with Crippen molar-refractivity contribution in [3.63, 3.8) is 0 Å². The minimum Gasteiger partial charge on any atom is -0.331 e. The van der Waals surface area contributed by atoms with Gasteiger partial charge in [-0.2, -0.15) is 5.10 Å². The van der Waals surface area contributed by atoms with Crippen LogP contribution in [0.4, 0.5) is 4.39 Å². The van der Waals surface area contributed by atoms with Gasteiger partial charge >= 0.3 is 0 Å². The molecule has 3 aromatic rings. The van der Waals surface area contributed by atoms with E-state index in [4.69, 9.17) is 0 Å². The van der Waals surface area contributed by atoms with E-state index >= 15 is 0 Å². The Hall–Kier alpha value is -3.03. The Balaban J connectivity index is 1.63. The maximum Gasteiger partial charge on any atom is 0.264 e. The van der Waals surface area contributed by atoms with Crippen LogP contribution in [0.1, 0.15) is 31.4 Å². The highest BCUT2D eigenvalue weighted by Gasteiger charge is 2.37. The number of carbonyl (C=O) groups excluding carboxylic acids is 1. The third-order valence-electron chi connectivity index (χ3n) is 5.02. The van der Waals surface area contributed by atoms with Gasteiger partial charge in [-0.15, -0.1) is 0 Å². The van der Waals surface area contributed by atoms with Crippen molar-refractivity contribution < 1.29 is 9.18 Å². The molecule has 7 nitrogen and oxygen atoms in total. The summed E-state index contributed by atoms with van der Waals surface area (Å²) in [6.45, 7) is 1.69. The number of aromatic nitrogens is 4. The minimum absolute atomic E-state index is 0.0814. The van der Waals surface area contributed by atoms with E-state index in [0.29, 0.717) is 16.6 Å². The molecule has 2 aromatic heterocycles. The van der Waals surface area contributed by atoms with Crippen molar-refractivity contribution in [2.75, 3.05) is 0 Å². The third kappa shape index (κ3) is 3.11. The number of benzene rings is 1. The molecule has 1 aliphatic carbocycles. The van der Waals surface area contributed by atoms with Gasteiger partial charge in [-0.25, -0.2) is 9.37 Å². The number of aryl methyl sites for hydroxylation is 1. The molecule has 1 aromatic carbocycles. The second-order valence-corrected chi connectivity index (χ2v) is 6.91. The van der Waals surface area contributed by atoms with Gasteiger partial charge in [0, 0.05) is 18.7 Å². The summed E-state index contributed by atoms with van der Waals surface area (Å²) in [6.07, 6.45) is 4.59. The van der Waals surface area contributed by atoms with Gasteiger partial charge < -0.3 is 4.90 Å². The lowest BCUT2D eigenvalue weighted by Gasteiger charge is -2.30. The standard InChI is InChI=1S/C19H20FN5O2/c1-12(14-5-3-4-6-16(14)20)25(13-7-8-13)17(26)10-24-11-21-18-15(19(24)27)9-22-23(18)2/h3-6,9,11-13H,7-8,10H2,1-2H3. The van der Waals surface area contributed by atoms with Crippen LogP contribution in [-0.2, 0) is 18.4 Å². The highest BCUT2D eigenvalue weighted by atomic mass is 19.1. The molecule has 0 bridgehead atoms. The van der Waals surface area contributed by atoms with Crippen molar-refractivity contribution in [3.8, 4) is 0 Å². The Kier molecular flexibility index (Phi) is 4.25. The molecule has 8 heteroatoms. The number of carbonyl (C=O) groups is 1. The molecule has 1 atom stereocenters. The van der Waals surface area contributed by atoms with Gasteiger partial charge in [0.15, 0.2) is 5.65 Å². The molecule has 0 aliphatic heterocycles. The summed E-state index contributed by atoms with van der Waals surface area (Å²) in [7, 11) is 1.70. The zero-order valence-electron chi connectivity index (χ0n) is 15.2. The lowest BCUT2D eigenvalue weighted by molar-refractivity contribution is -0.134. The quantitative estimate of drug-likeness (QED) is 0.690. The normalized spacial score (nSPS) is 15.1. The van der Waals surface area contributed by atoms with Gasteiger partial charge in [0.1, 0.15) is 24.1 Å². The summed E-state index contributed by atoms with van der Waals surface area (Å²) in [5.74, 6) is -0.556. The van der Waals surface area contributed by atoms with E-state index in [9.17, 15) is 14.0 Å². The molecule has 0 saturated heterocycles. The first-order valence-corrected chi connectivity index (χ1v) is 8.90. The molecule has 1 saturated carbocycles. The first-order valence-electron chi connectivity index (χ1n) is 8.90. The van der Waals surface area contributed by atoms with E-state index in [0.717, 1.165) is 12.8 Å².